The van der Waals surface area contributed by atoms with Crippen LogP contribution >= 0.6 is 0 Å². The minimum absolute atomic E-state index is 0.0426. The molecule has 2 fully saturated rings. The van der Waals surface area contributed by atoms with E-state index < -0.39 is 5.97 Å². The second-order valence-electron chi connectivity index (χ2n) is 14.0. The minimum Gasteiger partial charge on any atom is -0.481 e. The van der Waals surface area contributed by atoms with Crippen molar-refractivity contribution in [2.75, 3.05) is 0 Å². The molecule has 0 amide bonds. The van der Waals surface area contributed by atoms with Crippen molar-refractivity contribution in [3.63, 3.8) is 0 Å². The van der Waals surface area contributed by atoms with Crippen molar-refractivity contribution in [1.82, 2.24) is 0 Å². The van der Waals surface area contributed by atoms with Crippen LogP contribution in [-0.4, -0.2) is 22.3 Å². The maximum absolute atomic E-state index is 12.5. The smallest absolute Gasteiger partial charge is 0.306 e. The zero-order valence-electron chi connectivity index (χ0n) is 23.0. The van der Waals surface area contributed by atoms with E-state index in [0.29, 0.717) is 11.8 Å². The van der Waals surface area contributed by atoms with Gasteiger partial charge in [0.2, 0.25) is 0 Å². The summed E-state index contributed by atoms with van der Waals surface area (Å²) in [6.45, 7) is 20.5. The molecule has 0 heterocycles. The number of fused-ring (bicyclic) bond motifs is 4. The van der Waals surface area contributed by atoms with E-state index in [1.165, 1.54) is 5.57 Å². The highest BCUT2D eigenvalue weighted by Crippen LogP contribution is 2.72. The average molecular weight is 471 g/mol. The summed E-state index contributed by atoms with van der Waals surface area (Å²) in [6, 6.07) is 0. The summed E-state index contributed by atoms with van der Waals surface area (Å²) in [6.07, 6.45) is 9.98. The number of hydrogen-bond donors (Lipinski definition) is 2. The van der Waals surface area contributed by atoms with Crippen LogP contribution < -0.4 is 0 Å². The summed E-state index contributed by atoms with van der Waals surface area (Å²) in [5.41, 5.74) is 4.84. The van der Waals surface area contributed by atoms with Crippen LogP contribution in [0.4, 0.5) is 0 Å². The third kappa shape index (κ3) is 3.58. The molecule has 0 aromatic heterocycles. The van der Waals surface area contributed by atoms with Gasteiger partial charge in [-0.25, -0.2) is 0 Å². The number of carboxylic acids is 1. The van der Waals surface area contributed by atoms with Gasteiger partial charge in [-0.1, -0.05) is 71.8 Å². The predicted molar refractivity (Wildman–Crippen MR) is 139 cm³/mol. The number of hydrogen-bond acceptors (Lipinski definition) is 2. The number of carbonyl (C=O) groups is 1. The average Bonchev–Trinajstić information content (AvgIpc) is 3.02. The molecular formula is C31H50O3. The number of rotatable bonds is 6. The Bertz CT molecular complexity index is 881. The molecule has 0 spiro atoms. The summed E-state index contributed by atoms with van der Waals surface area (Å²) >= 11 is 0. The van der Waals surface area contributed by atoms with Gasteiger partial charge >= 0.3 is 5.97 Å². The molecule has 1 unspecified atom stereocenters. The fourth-order valence-corrected chi connectivity index (χ4v) is 9.49. The molecule has 2 N–H and O–H groups in total. The largest absolute Gasteiger partial charge is 0.481 e. The molecule has 192 valence electrons. The topological polar surface area (TPSA) is 57.5 Å². The third-order valence-corrected chi connectivity index (χ3v) is 12.2. The molecule has 0 saturated heterocycles. The van der Waals surface area contributed by atoms with Crippen molar-refractivity contribution in [1.29, 1.82) is 0 Å². The highest BCUT2D eigenvalue weighted by atomic mass is 16.4. The fraction of sp³-hybridized carbons (Fsp3) is 0.839. The van der Waals surface area contributed by atoms with Crippen molar-refractivity contribution < 1.29 is 15.0 Å². The molecule has 0 aromatic carbocycles. The van der Waals surface area contributed by atoms with Gasteiger partial charge in [0.25, 0.3) is 0 Å². The number of aliphatic carboxylic acids is 1. The molecule has 3 heteroatoms. The molecule has 34 heavy (non-hydrogen) atoms. The van der Waals surface area contributed by atoms with Gasteiger partial charge in [0.05, 0.1) is 12.0 Å². The van der Waals surface area contributed by atoms with Gasteiger partial charge in [-0.3, -0.25) is 4.79 Å². The van der Waals surface area contributed by atoms with E-state index in [0.717, 1.165) is 64.2 Å². The van der Waals surface area contributed by atoms with Crippen LogP contribution in [0.2, 0.25) is 0 Å². The van der Waals surface area contributed by atoms with Crippen LogP contribution in [0.1, 0.15) is 113 Å². The summed E-state index contributed by atoms with van der Waals surface area (Å²) in [5.74, 6) is 0.293. The zero-order valence-corrected chi connectivity index (χ0v) is 23.0. The Labute approximate surface area is 208 Å². The Morgan fingerprint density at radius 1 is 1.00 bits per heavy atom. The summed E-state index contributed by atoms with van der Waals surface area (Å²) in [5, 5.41) is 21.1. The molecule has 0 aromatic rings. The molecule has 4 rings (SSSR count). The quantitative estimate of drug-likeness (QED) is 0.389. The van der Waals surface area contributed by atoms with Crippen LogP contribution in [-0.2, 0) is 4.79 Å². The Morgan fingerprint density at radius 2 is 1.68 bits per heavy atom. The van der Waals surface area contributed by atoms with Crippen LogP contribution in [0.25, 0.3) is 0 Å². The third-order valence-electron chi connectivity index (χ3n) is 12.2. The summed E-state index contributed by atoms with van der Waals surface area (Å²) in [7, 11) is 0. The fourth-order valence-electron chi connectivity index (χ4n) is 9.49. The van der Waals surface area contributed by atoms with Crippen molar-refractivity contribution in [2.24, 2.45) is 45.3 Å². The van der Waals surface area contributed by atoms with E-state index in [2.05, 4.69) is 55.0 Å². The first-order valence-corrected chi connectivity index (χ1v) is 14.0. The maximum atomic E-state index is 12.5. The Kier molecular flexibility index (Phi) is 6.49. The zero-order chi connectivity index (χ0) is 25.3. The Balaban J connectivity index is 1.67. The standard InChI is InChI=1S/C31H50O3/c1-19(2)20(3)9-10-21(27(33)34)22-13-17-31(8)24-11-12-25-28(4,5)26(32)15-16-29(25,6)23(24)14-18-30(22,31)7/h19,21-22,25-26,32H,3,9-18H2,1-2,4-8H3,(H,33,34)/t21?,22-,25+,26+,29-,30-,31+/m1/s1. The SMILES string of the molecule is C=C(CCC(C(=O)O)[C@H]1CC[C@@]2(C)C3=C(CC[C@]12C)[C@@]1(C)CC[C@H](O)C(C)(C)[C@@H]1CC3)C(C)C. The lowest BCUT2D eigenvalue weighted by molar-refractivity contribution is -0.146. The van der Waals surface area contributed by atoms with Gasteiger partial charge in [-0.15, -0.1) is 0 Å². The van der Waals surface area contributed by atoms with Crippen LogP contribution in [0.3, 0.4) is 0 Å². The molecule has 7 atom stereocenters. The van der Waals surface area contributed by atoms with E-state index in [9.17, 15) is 15.0 Å². The lowest BCUT2D eigenvalue weighted by Crippen LogP contribution is -2.55. The van der Waals surface area contributed by atoms with Crippen molar-refractivity contribution in [3.8, 4) is 0 Å². The van der Waals surface area contributed by atoms with Gasteiger partial charge in [0.15, 0.2) is 0 Å². The number of aliphatic hydroxyl groups excluding tert-OH is 1. The minimum atomic E-state index is -0.606. The van der Waals surface area contributed by atoms with E-state index in [1.807, 2.05) is 0 Å². The van der Waals surface area contributed by atoms with Gasteiger partial charge in [0, 0.05) is 0 Å². The normalized spacial score (nSPS) is 42.1. The van der Waals surface area contributed by atoms with Crippen LogP contribution in [0.15, 0.2) is 23.3 Å². The number of allylic oxidation sites excluding steroid dienone is 3. The van der Waals surface area contributed by atoms with Crippen molar-refractivity contribution in [2.45, 2.75) is 119 Å². The number of aliphatic hydroxyl groups is 1. The maximum Gasteiger partial charge on any atom is 0.306 e. The molecule has 2 saturated carbocycles. The van der Waals surface area contributed by atoms with Gasteiger partial charge in [0.1, 0.15) is 0 Å². The molecule has 0 aliphatic heterocycles. The summed E-state index contributed by atoms with van der Waals surface area (Å²) < 4.78 is 0. The summed E-state index contributed by atoms with van der Waals surface area (Å²) in [4.78, 5) is 12.5. The second kappa shape index (κ2) is 8.49. The van der Waals surface area contributed by atoms with E-state index >= 15 is 0 Å². The van der Waals surface area contributed by atoms with E-state index in [-0.39, 0.29) is 39.6 Å². The predicted octanol–water partition coefficient (Wildman–Crippen LogP) is 7.79. The first-order valence-electron chi connectivity index (χ1n) is 14.0. The monoisotopic (exact) mass is 470 g/mol. The molecule has 3 nitrogen and oxygen atoms in total. The van der Waals surface area contributed by atoms with E-state index in [4.69, 9.17) is 0 Å². The van der Waals surface area contributed by atoms with Crippen LogP contribution in [0, 0.1) is 45.3 Å². The highest BCUT2D eigenvalue weighted by molar-refractivity contribution is 5.70. The van der Waals surface area contributed by atoms with Crippen molar-refractivity contribution in [3.05, 3.63) is 23.3 Å². The molecule has 4 aliphatic rings. The number of carboxylic acid groups (broad SMARTS) is 1. The van der Waals surface area contributed by atoms with Crippen molar-refractivity contribution >= 4 is 5.97 Å². The van der Waals surface area contributed by atoms with Gasteiger partial charge in [-0.2, -0.15) is 0 Å². The molecule has 0 bridgehead atoms. The highest BCUT2D eigenvalue weighted by Gasteiger charge is 2.64. The second-order valence-corrected chi connectivity index (χ2v) is 14.0. The Morgan fingerprint density at radius 3 is 2.29 bits per heavy atom. The van der Waals surface area contributed by atoms with Gasteiger partial charge < -0.3 is 10.2 Å². The van der Waals surface area contributed by atoms with E-state index in [1.54, 1.807) is 11.1 Å². The lowest BCUT2D eigenvalue weighted by atomic mass is 9.43. The molecular weight excluding hydrogens is 420 g/mol. The van der Waals surface area contributed by atoms with Crippen LogP contribution in [0.5, 0.6) is 0 Å². The first kappa shape index (κ1) is 26.0. The molecule has 4 aliphatic carbocycles. The molecule has 0 radical (unpaired) electrons. The first-order chi connectivity index (χ1) is 15.7. The van der Waals surface area contributed by atoms with Gasteiger partial charge in [-0.05, 0) is 104 Å². The Hall–Kier alpha value is -1.09. The lowest BCUT2D eigenvalue weighted by Gasteiger charge is -2.62.